The van der Waals surface area contributed by atoms with Crippen LogP contribution in [0.5, 0.6) is 5.75 Å². The fourth-order valence-corrected chi connectivity index (χ4v) is 2.15. The summed E-state index contributed by atoms with van der Waals surface area (Å²) in [5.74, 6) is 0.487. The van der Waals surface area contributed by atoms with Gasteiger partial charge in [0, 0.05) is 0 Å². The first-order valence-electron chi connectivity index (χ1n) is 7.42. The fourth-order valence-electron chi connectivity index (χ4n) is 2.15. The first kappa shape index (κ1) is 16.0. The number of benzene rings is 2. The van der Waals surface area contributed by atoms with E-state index in [0.717, 1.165) is 18.4 Å². The van der Waals surface area contributed by atoms with Crippen molar-refractivity contribution in [3.63, 3.8) is 0 Å². The molecule has 116 valence electrons. The Morgan fingerprint density at radius 1 is 0.955 bits per heavy atom. The molecule has 0 aliphatic heterocycles. The Labute approximate surface area is 130 Å². The van der Waals surface area contributed by atoms with Crippen molar-refractivity contribution >= 4 is 6.16 Å². The summed E-state index contributed by atoms with van der Waals surface area (Å²) >= 11 is 0. The zero-order chi connectivity index (χ0) is 15.8. The van der Waals surface area contributed by atoms with Crippen LogP contribution in [0, 0.1) is 0 Å². The molecule has 0 aliphatic carbocycles. The molecule has 4 nitrogen and oxygen atoms in total. The Balaban J connectivity index is 1.94. The molecule has 0 amide bonds. The molecule has 2 aromatic rings. The number of ether oxygens (including phenoxy) is 2. The van der Waals surface area contributed by atoms with Gasteiger partial charge in [-0.05, 0) is 55.1 Å². The Morgan fingerprint density at radius 2 is 1.50 bits per heavy atom. The van der Waals surface area contributed by atoms with Crippen LogP contribution in [0.3, 0.4) is 0 Å². The van der Waals surface area contributed by atoms with Crippen LogP contribution in [0.2, 0.25) is 0 Å². The average Bonchev–Trinajstić information content (AvgIpc) is 2.52. The van der Waals surface area contributed by atoms with E-state index in [-0.39, 0.29) is 0 Å². The third-order valence-electron chi connectivity index (χ3n) is 3.25. The maximum atomic E-state index is 11.2. The Morgan fingerprint density at radius 3 is 2.05 bits per heavy atom. The van der Waals surface area contributed by atoms with Crippen molar-refractivity contribution in [3.05, 3.63) is 65.2 Å². The van der Waals surface area contributed by atoms with Crippen molar-refractivity contribution in [2.24, 2.45) is 5.73 Å². The van der Waals surface area contributed by atoms with E-state index < -0.39 is 6.16 Å². The minimum Gasteiger partial charge on any atom is -0.434 e. The lowest BCUT2D eigenvalue weighted by molar-refractivity contribution is 0.104. The lowest BCUT2D eigenvalue weighted by Crippen LogP contribution is -2.09. The van der Waals surface area contributed by atoms with Gasteiger partial charge in [-0.3, -0.25) is 0 Å². The van der Waals surface area contributed by atoms with Gasteiger partial charge in [-0.25, -0.2) is 4.79 Å². The topological polar surface area (TPSA) is 61.5 Å². The van der Waals surface area contributed by atoms with E-state index >= 15 is 0 Å². The summed E-state index contributed by atoms with van der Waals surface area (Å²) in [6.45, 7) is 2.71. The molecule has 0 unspecified atom stereocenters. The van der Waals surface area contributed by atoms with Crippen LogP contribution in [0.4, 0.5) is 4.79 Å². The molecule has 4 heteroatoms. The van der Waals surface area contributed by atoms with Crippen LogP contribution in [0.1, 0.15) is 23.6 Å². The molecule has 0 saturated heterocycles. The van der Waals surface area contributed by atoms with Gasteiger partial charge in [0.1, 0.15) is 5.75 Å². The van der Waals surface area contributed by atoms with Gasteiger partial charge < -0.3 is 15.2 Å². The van der Waals surface area contributed by atoms with Crippen LogP contribution in [0.15, 0.2) is 48.5 Å². The number of hydrogen-bond acceptors (Lipinski definition) is 4. The molecule has 0 aliphatic rings. The van der Waals surface area contributed by atoms with E-state index in [0.29, 0.717) is 18.9 Å². The van der Waals surface area contributed by atoms with Crippen molar-refractivity contribution in [2.75, 3.05) is 13.2 Å². The van der Waals surface area contributed by atoms with Gasteiger partial charge in [-0.15, -0.1) is 0 Å². The Kier molecular flexibility index (Phi) is 5.98. The summed E-state index contributed by atoms with van der Waals surface area (Å²) in [6, 6.07) is 15.9. The number of carbonyl (C=O) groups is 1. The van der Waals surface area contributed by atoms with Gasteiger partial charge in [0.15, 0.2) is 0 Å². The lowest BCUT2D eigenvalue weighted by atomic mass is 10.0. The molecule has 0 heterocycles. The lowest BCUT2D eigenvalue weighted by Gasteiger charge is -2.06. The first-order valence-corrected chi connectivity index (χ1v) is 7.42. The molecule has 2 aromatic carbocycles. The molecule has 0 atom stereocenters. The summed E-state index contributed by atoms with van der Waals surface area (Å²) < 4.78 is 9.76. The average molecular weight is 299 g/mol. The highest BCUT2D eigenvalue weighted by Crippen LogP contribution is 2.16. The molecule has 0 aromatic heterocycles. The van der Waals surface area contributed by atoms with E-state index in [9.17, 15) is 4.79 Å². The summed E-state index contributed by atoms with van der Waals surface area (Å²) in [5, 5.41) is 0. The highest BCUT2D eigenvalue weighted by molar-refractivity contribution is 5.63. The van der Waals surface area contributed by atoms with E-state index in [1.54, 1.807) is 19.1 Å². The van der Waals surface area contributed by atoms with Gasteiger partial charge in [-0.1, -0.05) is 36.4 Å². The number of hydrogen-bond donors (Lipinski definition) is 1. The second kappa shape index (κ2) is 8.20. The van der Waals surface area contributed by atoms with Crippen molar-refractivity contribution in [1.82, 2.24) is 0 Å². The largest absolute Gasteiger partial charge is 0.513 e. The van der Waals surface area contributed by atoms with Crippen molar-refractivity contribution in [1.29, 1.82) is 0 Å². The molecule has 0 spiro atoms. The fraction of sp³-hybridized carbons (Fsp3) is 0.278. The maximum Gasteiger partial charge on any atom is 0.513 e. The van der Waals surface area contributed by atoms with Gasteiger partial charge >= 0.3 is 6.16 Å². The van der Waals surface area contributed by atoms with Crippen LogP contribution >= 0.6 is 0 Å². The summed E-state index contributed by atoms with van der Waals surface area (Å²) in [4.78, 5) is 11.2. The van der Waals surface area contributed by atoms with Crippen LogP contribution in [-0.4, -0.2) is 19.3 Å². The van der Waals surface area contributed by atoms with Gasteiger partial charge in [0.2, 0.25) is 0 Å². The molecule has 0 radical (unpaired) electrons. The summed E-state index contributed by atoms with van der Waals surface area (Å²) in [7, 11) is 0. The number of rotatable bonds is 6. The molecule has 2 rings (SSSR count). The highest BCUT2D eigenvalue weighted by Gasteiger charge is 2.04. The molecular formula is C18H21NO3. The molecule has 22 heavy (non-hydrogen) atoms. The van der Waals surface area contributed by atoms with Gasteiger partial charge in [0.25, 0.3) is 0 Å². The van der Waals surface area contributed by atoms with E-state index in [4.69, 9.17) is 15.2 Å². The Hall–Kier alpha value is -2.33. The normalized spacial score (nSPS) is 10.3. The first-order chi connectivity index (χ1) is 10.7. The summed E-state index contributed by atoms with van der Waals surface area (Å²) in [6.07, 6.45) is 1.06. The van der Waals surface area contributed by atoms with Gasteiger partial charge in [0.05, 0.1) is 6.61 Å². The van der Waals surface area contributed by atoms with Crippen molar-refractivity contribution in [2.45, 2.75) is 19.8 Å². The quantitative estimate of drug-likeness (QED) is 0.656. The van der Waals surface area contributed by atoms with Crippen LogP contribution < -0.4 is 10.5 Å². The van der Waals surface area contributed by atoms with E-state index in [2.05, 4.69) is 24.3 Å². The van der Waals surface area contributed by atoms with E-state index in [1.807, 2.05) is 12.1 Å². The standard InChI is InChI=1S/C18H21NO3/c1-2-21-18(20)22-17-9-7-16(8-10-17)13-15-5-3-14(4-6-15)11-12-19/h3-10H,2,11-13,19H2,1H3. The van der Waals surface area contributed by atoms with Crippen LogP contribution in [-0.2, 0) is 17.6 Å². The zero-order valence-corrected chi connectivity index (χ0v) is 12.7. The highest BCUT2D eigenvalue weighted by atomic mass is 16.7. The van der Waals surface area contributed by atoms with Gasteiger partial charge in [-0.2, -0.15) is 0 Å². The summed E-state index contributed by atoms with van der Waals surface area (Å²) in [5.41, 5.74) is 9.19. The van der Waals surface area contributed by atoms with Crippen molar-refractivity contribution < 1.29 is 14.3 Å². The Bertz CT molecular complexity index is 591. The molecular weight excluding hydrogens is 278 g/mol. The minimum atomic E-state index is -0.675. The number of nitrogens with two attached hydrogens (primary N) is 1. The molecule has 0 bridgehead atoms. The second-order valence-corrected chi connectivity index (χ2v) is 4.96. The maximum absolute atomic E-state index is 11.2. The number of carbonyl (C=O) groups excluding carboxylic acids is 1. The zero-order valence-electron chi connectivity index (χ0n) is 12.7. The third kappa shape index (κ3) is 4.90. The van der Waals surface area contributed by atoms with Crippen LogP contribution in [0.25, 0.3) is 0 Å². The molecule has 0 saturated carbocycles. The predicted octanol–water partition coefficient (Wildman–Crippen LogP) is 3.31. The molecule has 0 fully saturated rings. The van der Waals surface area contributed by atoms with E-state index in [1.165, 1.54) is 11.1 Å². The minimum absolute atomic E-state index is 0.303. The second-order valence-electron chi connectivity index (χ2n) is 4.96. The van der Waals surface area contributed by atoms with Crippen molar-refractivity contribution in [3.8, 4) is 5.75 Å². The smallest absolute Gasteiger partial charge is 0.434 e. The third-order valence-corrected chi connectivity index (χ3v) is 3.25. The SMILES string of the molecule is CCOC(=O)Oc1ccc(Cc2ccc(CCN)cc2)cc1. The molecule has 2 N–H and O–H groups in total. The predicted molar refractivity (Wildman–Crippen MR) is 86.1 cm³/mol. The monoisotopic (exact) mass is 299 g/mol.